The average Bonchev–Trinajstić information content (AvgIpc) is 2.85. The highest BCUT2D eigenvalue weighted by atomic mass is 35.5. The number of hydrogen-bond acceptors (Lipinski definition) is 6. The van der Waals surface area contributed by atoms with Gasteiger partial charge in [0.1, 0.15) is 5.52 Å². The summed E-state index contributed by atoms with van der Waals surface area (Å²) < 4.78 is 95.2. The average molecular weight is 486 g/mol. The summed E-state index contributed by atoms with van der Waals surface area (Å²) in [5.41, 5.74) is 5.49. The summed E-state index contributed by atoms with van der Waals surface area (Å²) in [4.78, 5) is 30.1. The number of aromatic nitrogens is 4. The Morgan fingerprint density at radius 2 is 1.73 bits per heavy atom. The van der Waals surface area contributed by atoms with Crippen LogP contribution < -0.4 is 5.73 Å². The quantitative estimate of drug-likeness (QED) is 0.309. The zero-order valence-corrected chi connectivity index (χ0v) is 16.6. The second kappa shape index (κ2) is 8.11. The van der Waals surface area contributed by atoms with Crippen molar-refractivity contribution in [1.29, 1.82) is 0 Å². The van der Waals surface area contributed by atoms with E-state index in [9.17, 15) is 40.7 Å². The third-order valence-electron chi connectivity index (χ3n) is 3.80. The first-order valence-electron chi connectivity index (χ1n) is 7.93. The first-order chi connectivity index (χ1) is 13.4. The van der Waals surface area contributed by atoms with Crippen LogP contribution in [0.5, 0.6) is 0 Å². The standard InChI is InChI=1S/C13H15ClF6N5O4P/c1-6(2-25-5-22-7-8(14)23-10(21)24-9(7)25)29-11(30(26,27)28,3-12(15,16)17)4-13(18,19)20/h5-6H,2-4H2,1H3,(H2,21,23,24)(H2,26,27,28). The number of anilines is 1. The molecule has 2 aromatic heterocycles. The van der Waals surface area contributed by atoms with Crippen LogP contribution in [0.4, 0.5) is 32.3 Å². The molecule has 0 aliphatic heterocycles. The highest BCUT2D eigenvalue weighted by Gasteiger charge is 2.60. The summed E-state index contributed by atoms with van der Waals surface area (Å²) in [5.74, 6) is -0.276. The molecule has 9 nitrogen and oxygen atoms in total. The lowest BCUT2D eigenvalue weighted by Gasteiger charge is -2.37. The van der Waals surface area contributed by atoms with Gasteiger partial charge in [0.25, 0.3) is 0 Å². The van der Waals surface area contributed by atoms with Crippen LogP contribution in [-0.4, -0.2) is 53.1 Å². The van der Waals surface area contributed by atoms with Crippen LogP contribution in [-0.2, 0) is 15.8 Å². The minimum atomic E-state index is -6.06. The zero-order chi connectivity index (χ0) is 23.1. The highest BCUT2D eigenvalue weighted by molar-refractivity contribution is 7.53. The van der Waals surface area contributed by atoms with Crippen molar-refractivity contribution in [1.82, 2.24) is 19.5 Å². The van der Waals surface area contributed by atoms with Crippen LogP contribution in [0.25, 0.3) is 11.2 Å². The number of imidazole rings is 1. The molecule has 1 atom stereocenters. The fourth-order valence-corrected chi connectivity index (χ4v) is 4.10. The largest absolute Gasteiger partial charge is 0.392 e. The van der Waals surface area contributed by atoms with Crippen LogP contribution in [0.15, 0.2) is 6.33 Å². The minimum absolute atomic E-state index is 0.00336. The van der Waals surface area contributed by atoms with Gasteiger partial charge in [-0.1, -0.05) is 11.6 Å². The Labute approximate surface area is 169 Å². The van der Waals surface area contributed by atoms with E-state index >= 15 is 0 Å². The molecule has 170 valence electrons. The van der Waals surface area contributed by atoms with E-state index in [1.165, 1.54) is 0 Å². The van der Waals surface area contributed by atoms with E-state index in [0.717, 1.165) is 17.8 Å². The molecular weight excluding hydrogens is 471 g/mol. The summed E-state index contributed by atoms with van der Waals surface area (Å²) >= 11 is 5.83. The van der Waals surface area contributed by atoms with Gasteiger partial charge in [-0.25, -0.2) is 4.98 Å². The molecule has 0 saturated heterocycles. The van der Waals surface area contributed by atoms with Crippen molar-refractivity contribution in [3.8, 4) is 0 Å². The smallest absolute Gasteiger partial charge is 0.368 e. The monoisotopic (exact) mass is 485 g/mol. The van der Waals surface area contributed by atoms with Gasteiger partial charge in [-0.3, -0.25) is 4.57 Å². The second-order valence-corrected chi connectivity index (χ2v) is 8.71. The topological polar surface area (TPSA) is 136 Å². The SMILES string of the molecule is CC(Cn1cnc2c(Cl)nc(N)nc21)OC(CC(F)(F)F)(CC(F)(F)F)P(=O)(O)O. The molecule has 0 aromatic carbocycles. The molecule has 2 heterocycles. The van der Waals surface area contributed by atoms with Crippen LogP contribution in [0.3, 0.4) is 0 Å². The predicted molar refractivity (Wildman–Crippen MR) is 91.4 cm³/mol. The Kier molecular flexibility index (Phi) is 6.65. The highest BCUT2D eigenvalue weighted by Crippen LogP contribution is 2.60. The first-order valence-corrected chi connectivity index (χ1v) is 9.92. The van der Waals surface area contributed by atoms with E-state index in [-0.39, 0.29) is 22.3 Å². The van der Waals surface area contributed by atoms with Gasteiger partial charge >= 0.3 is 19.9 Å². The lowest BCUT2D eigenvalue weighted by atomic mass is 10.1. The van der Waals surface area contributed by atoms with E-state index in [0.29, 0.717) is 0 Å². The van der Waals surface area contributed by atoms with Crippen molar-refractivity contribution in [2.45, 2.75) is 50.1 Å². The van der Waals surface area contributed by atoms with E-state index in [2.05, 4.69) is 15.0 Å². The van der Waals surface area contributed by atoms with Gasteiger partial charge in [-0.2, -0.15) is 36.3 Å². The lowest BCUT2D eigenvalue weighted by Crippen LogP contribution is -2.44. The van der Waals surface area contributed by atoms with E-state index in [1.54, 1.807) is 0 Å². The minimum Gasteiger partial charge on any atom is -0.368 e. The van der Waals surface area contributed by atoms with Crippen molar-refractivity contribution >= 4 is 36.3 Å². The molecule has 0 aliphatic carbocycles. The normalized spacial score (nSPS) is 15.0. The van der Waals surface area contributed by atoms with Gasteiger partial charge in [0.2, 0.25) is 5.95 Å². The van der Waals surface area contributed by atoms with E-state index < -0.39 is 50.8 Å². The van der Waals surface area contributed by atoms with Crippen LogP contribution in [0.2, 0.25) is 5.15 Å². The maximum atomic E-state index is 12.9. The van der Waals surface area contributed by atoms with Crippen LogP contribution in [0.1, 0.15) is 19.8 Å². The molecule has 17 heteroatoms. The fourth-order valence-electron chi connectivity index (χ4n) is 2.79. The third-order valence-corrected chi connectivity index (χ3v) is 5.54. The molecule has 2 rings (SSSR count). The summed E-state index contributed by atoms with van der Waals surface area (Å²) in [6.45, 7) is 0.565. The van der Waals surface area contributed by atoms with Crippen molar-refractivity contribution < 1.29 is 45.4 Å². The van der Waals surface area contributed by atoms with Crippen LogP contribution >= 0.6 is 19.2 Å². The van der Waals surface area contributed by atoms with E-state index in [1.807, 2.05) is 0 Å². The van der Waals surface area contributed by atoms with Crippen molar-refractivity contribution in [3.05, 3.63) is 11.5 Å². The molecule has 0 fully saturated rings. The molecule has 0 aliphatic rings. The molecule has 0 saturated carbocycles. The molecule has 0 amide bonds. The molecule has 0 radical (unpaired) electrons. The number of alkyl halides is 6. The van der Waals surface area contributed by atoms with Gasteiger partial charge in [0.15, 0.2) is 16.1 Å². The third kappa shape index (κ3) is 5.94. The number of halogens is 7. The Hall–Kier alpha value is -1.67. The van der Waals surface area contributed by atoms with Crippen LogP contribution in [0, 0.1) is 0 Å². The second-order valence-electron chi connectivity index (χ2n) is 6.44. The maximum Gasteiger partial charge on any atom is 0.392 e. The van der Waals surface area contributed by atoms with Crippen molar-refractivity contribution in [3.63, 3.8) is 0 Å². The molecule has 4 N–H and O–H groups in total. The van der Waals surface area contributed by atoms with Gasteiger partial charge in [0.05, 0.1) is 31.8 Å². The number of nitrogen functional groups attached to an aromatic ring is 1. The molecule has 2 aromatic rings. The first kappa shape index (κ1) is 24.6. The van der Waals surface area contributed by atoms with Gasteiger partial charge in [-0.15, -0.1) is 0 Å². The number of nitrogens with zero attached hydrogens (tertiary/aromatic N) is 4. The Morgan fingerprint density at radius 1 is 1.20 bits per heavy atom. The summed E-state index contributed by atoms with van der Waals surface area (Å²) in [6.07, 6.45) is -16.2. The summed E-state index contributed by atoms with van der Waals surface area (Å²) in [5, 5.41) is -4.02. The number of fused-ring (bicyclic) bond motifs is 1. The summed E-state index contributed by atoms with van der Waals surface area (Å²) in [6, 6.07) is 0. The maximum absolute atomic E-state index is 12.9. The Bertz CT molecular complexity index is 946. The van der Waals surface area contributed by atoms with Crippen molar-refractivity contribution in [2.75, 3.05) is 5.73 Å². The zero-order valence-electron chi connectivity index (χ0n) is 14.9. The molecule has 30 heavy (non-hydrogen) atoms. The summed E-state index contributed by atoms with van der Waals surface area (Å²) in [7, 11) is -6.06. The Morgan fingerprint density at radius 3 is 2.20 bits per heavy atom. The van der Waals surface area contributed by atoms with E-state index in [4.69, 9.17) is 22.1 Å². The molecule has 0 spiro atoms. The number of hydrogen-bond donors (Lipinski definition) is 3. The number of ether oxygens (including phenoxy) is 1. The van der Waals surface area contributed by atoms with Gasteiger partial charge < -0.3 is 24.8 Å². The number of nitrogens with two attached hydrogens (primary N) is 1. The predicted octanol–water partition coefficient (Wildman–Crippen LogP) is 3.25. The molecule has 1 unspecified atom stereocenters. The van der Waals surface area contributed by atoms with Gasteiger partial charge in [-0.05, 0) is 6.92 Å². The molecular formula is C13H15ClF6N5O4P. The lowest BCUT2D eigenvalue weighted by molar-refractivity contribution is -0.220. The number of rotatable bonds is 7. The Balaban J connectivity index is 2.41. The molecule has 0 bridgehead atoms. The van der Waals surface area contributed by atoms with Crippen molar-refractivity contribution in [2.24, 2.45) is 0 Å². The fraction of sp³-hybridized carbons (Fsp3) is 0.615. The van der Waals surface area contributed by atoms with Gasteiger partial charge in [0, 0.05) is 0 Å².